The highest BCUT2D eigenvalue weighted by Gasteiger charge is 2.38. The number of nitrogens with zero attached hydrogens (tertiary/aromatic N) is 2. The molecular formula is C16H29N3O2S2. The van der Waals surface area contributed by atoms with Gasteiger partial charge in [-0.2, -0.15) is 11.8 Å². The zero-order valence-corrected chi connectivity index (χ0v) is 15.7. The summed E-state index contributed by atoms with van der Waals surface area (Å²) in [4.78, 5) is 6.85. The lowest BCUT2D eigenvalue weighted by molar-refractivity contribution is 0.292. The number of guanidine groups is 1. The standard InChI is InChI=1S/C16H29N3O2S2/c1-17-15(18-11-14-5-10-23(20,21)12-14)19-8-9-22-16(13-19)6-3-2-4-7-16/h14H,2-13H2,1H3,(H,17,18). The molecule has 0 bridgehead atoms. The molecule has 1 saturated carbocycles. The largest absolute Gasteiger partial charge is 0.356 e. The zero-order valence-electron chi connectivity index (χ0n) is 14.1. The normalized spacial score (nSPS) is 30.6. The van der Waals surface area contributed by atoms with E-state index in [4.69, 9.17) is 0 Å². The molecule has 1 aliphatic carbocycles. The molecule has 0 aromatic heterocycles. The van der Waals surface area contributed by atoms with Crippen molar-refractivity contribution in [3.8, 4) is 0 Å². The molecular weight excluding hydrogens is 330 g/mol. The van der Waals surface area contributed by atoms with Gasteiger partial charge in [-0.3, -0.25) is 4.99 Å². The smallest absolute Gasteiger partial charge is 0.193 e. The first-order chi connectivity index (χ1) is 11.0. The molecule has 7 heteroatoms. The molecule has 0 aromatic carbocycles. The van der Waals surface area contributed by atoms with Gasteiger partial charge < -0.3 is 10.2 Å². The van der Waals surface area contributed by atoms with Crippen molar-refractivity contribution in [2.24, 2.45) is 10.9 Å². The van der Waals surface area contributed by atoms with Gasteiger partial charge in [-0.15, -0.1) is 0 Å². The fraction of sp³-hybridized carbons (Fsp3) is 0.938. The summed E-state index contributed by atoms with van der Waals surface area (Å²) in [6, 6.07) is 0. The first-order valence-electron chi connectivity index (χ1n) is 8.82. The second kappa shape index (κ2) is 7.21. The van der Waals surface area contributed by atoms with Crippen LogP contribution in [0.3, 0.4) is 0 Å². The highest BCUT2D eigenvalue weighted by molar-refractivity contribution is 8.00. The van der Waals surface area contributed by atoms with Crippen LogP contribution in [0.25, 0.3) is 0 Å². The second-order valence-corrected chi connectivity index (χ2v) is 11.0. The number of sulfone groups is 1. The summed E-state index contributed by atoms with van der Waals surface area (Å²) in [5, 5.41) is 3.44. The molecule has 1 spiro atoms. The van der Waals surface area contributed by atoms with E-state index in [0.717, 1.165) is 32.0 Å². The number of nitrogens with one attached hydrogen (secondary N) is 1. The van der Waals surface area contributed by atoms with Gasteiger partial charge >= 0.3 is 0 Å². The minimum atomic E-state index is -2.79. The third-order valence-electron chi connectivity index (χ3n) is 5.40. The Labute approximate surface area is 144 Å². The predicted molar refractivity (Wildman–Crippen MR) is 98.0 cm³/mol. The van der Waals surface area contributed by atoms with Crippen LogP contribution in [0.2, 0.25) is 0 Å². The summed E-state index contributed by atoms with van der Waals surface area (Å²) in [5.41, 5.74) is 0. The summed E-state index contributed by atoms with van der Waals surface area (Å²) in [6.07, 6.45) is 7.52. The van der Waals surface area contributed by atoms with Crippen LogP contribution in [0.15, 0.2) is 4.99 Å². The monoisotopic (exact) mass is 359 g/mol. The zero-order chi connectivity index (χ0) is 16.3. The highest BCUT2D eigenvalue weighted by atomic mass is 32.2. The number of rotatable bonds is 2. The fourth-order valence-electron chi connectivity index (χ4n) is 4.13. The van der Waals surface area contributed by atoms with E-state index in [1.54, 1.807) is 0 Å². The maximum atomic E-state index is 11.6. The lowest BCUT2D eigenvalue weighted by Crippen LogP contribution is -2.54. The Morgan fingerprint density at radius 2 is 2.13 bits per heavy atom. The lowest BCUT2D eigenvalue weighted by Gasteiger charge is -2.45. The summed E-state index contributed by atoms with van der Waals surface area (Å²) in [7, 11) is -0.958. The number of aliphatic imine (C=N–C) groups is 1. The molecule has 3 fully saturated rings. The molecule has 3 aliphatic rings. The summed E-state index contributed by atoms with van der Waals surface area (Å²) >= 11 is 2.16. The molecule has 0 aromatic rings. The first-order valence-corrected chi connectivity index (χ1v) is 11.6. The van der Waals surface area contributed by atoms with Crippen LogP contribution in [0.5, 0.6) is 0 Å². The summed E-state index contributed by atoms with van der Waals surface area (Å²) in [5.74, 6) is 3.04. The topological polar surface area (TPSA) is 61.8 Å². The van der Waals surface area contributed by atoms with Gasteiger partial charge in [-0.1, -0.05) is 19.3 Å². The van der Waals surface area contributed by atoms with Crippen molar-refractivity contribution in [2.75, 3.05) is 43.9 Å². The van der Waals surface area contributed by atoms with Gasteiger partial charge in [0.1, 0.15) is 0 Å². The van der Waals surface area contributed by atoms with Crippen molar-refractivity contribution in [3.63, 3.8) is 0 Å². The van der Waals surface area contributed by atoms with E-state index in [1.165, 1.54) is 37.9 Å². The Morgan fingerprint density at radius 3 is 2.78 bits per heavy atom. The van der Waals surface area contributed by atoms with Crippen LogP contribution in [-0.4, -0.2) is 68.0 Å². The van der Waals surface area contributed by atoms with E-state index in [2.05, 4.69) is 27.0 Å². The van der Waals surface area contributed by atoms with Crippen LogP contribution in [0, 0.1) is 5.92 Å². The first kappa shape index (κ1) is 17.4. The minimum Gasteiger partial charge on any atom is -0.356 e. The Balaban J connectivity index is 1.55. The number of hydrogen-bond donors (Lipinski definition) is 1. The molecule has 23 heavy (non-hydrogen) atoms. The second-order valence-electron chi connectivity index (χ2n) is 7.21. The molecule has 132 valence electrons. The fourth-order valence-corrected chi connectivity index (χ4v) is 7.56. The maximum absolute atomic E-state index is 11.6. The molecule has 0 radical (unpaired) electrons. The van der Waals surface area contributed by atoms with Crippen molar-refractivity contribution < 1.29 is 8.42 Å². The van der Waals surface area contributed by atoms with E-state index >= 15 is 0 Å². The van der Waals surface area contributed by atoms with Gasteiger partial charge in [-0.05, 0) is 25.2 Å². The molecule has 2 aliphatic heterocycles. The van der Waals surface area contributed by atoms with Gasteiger partial charge in [0.15, 0.2) is 15.8 Å². The SMILES string of the molecule is CN=C(NCC1CCS(=O)(=O)C1)N1CCSC2(CCCCC2)C1. The molecule has 2 heterocycles. The average Bonchev–Trinajstić information content (AvgIpc) is 2.88. The molecule has 1 unspecified atom stereocenters. The van der Waals surface area contributed by atoms with E-state index in [9.17, 15) is 8.42 Å². The third-order valence-corrected chi connectivity index (χ3v) is 8.77. The Hall–Kier alpha value is -0.430. The molecule has 1 atom stereocenters. The summed E-state index contributed by atoms with van der Waals surface area (Å²) < 4.78 is 23.6. The number of hydrogen-bond acceptors (Lipinski definition) is 4. The van der Waals surface area contributed by atoms with Gasteiger partial charge in [0, 0.05) is 37.2 Å². The lowest BCUT2D eigenvalue weighted by atomic mass is 9.87. The van der Waals surface area contributed by atoms with E-state index < -0.39 is 9.84 Å². The van der Waals surface area contributed by atoms with E-state index in [0.29, 0.717) is 16.3 Å². The van der Waals surface area contributed by atoms with Crippen LogP contribution in [-0.2, 0) is 9.84 Å². The highest BCUT2D eigenvalue weighted by Crippen LogP contribution is 2.42. The van der Waals surface area contributed by atoms with Crippen LogP contribution in [0.1, 0.15) is 38.5 Å². The number of thioether (sulfide) groups is 1. The minimum absolute atomic E-state index is 0.236. The van der Waals surface area contributed by atoms with Crippen molar-refractivity contribution >= 4 is 27.6 Å². The Kier molecular flexibility index (Phi) is 5.46. The van der Waals surface area contributed by atoms with Gasteiger partial charge in [0.05, 0.1) is 11.5 Å². The molecule has 3 rings (SSSR count). The Morgan fingerprint density at radius 1 is 1.35 bits per heavy atom. The average molecular weight is 360 g/mol. The van der Waals surface area contributed by atoms with Crippen molar-refractivity contribution in [1.29, 1.82) is 0 Å². The van der Waals surface area contributed by atoms with Crippen molar-refractivity contribution in [2.45, 2.75) is 43.3 Å². The van der Waals surface area contributed by atoms with E-state index in [1.807, 2.05) is 7.05 Å². The third kappa shape index (κ3) is 4.35. The van der Waals surface area contributed by atoms with Gasteiger partial charge in [0.25, 0.3) is 0 Å². The van der Waals surface area contributed by atoms with E-state index in [-0.39, 0.29) is 5.92 Å². The van der Waals surface area contributed by atoms with Gasteiger partial charge in [-0.25, -0.2) is 8.42 Å². The molecule has 1 N–H and O–H groups in total. The molecule has 2 saturated heterocycles. The summed E-state index contributed by atoms with van der Waals surface area (Å²) in [6.45, 7) is 2.85. The molecule has 0 amide bonds. The predicted octanol–water partition coefficient (Wildman–Crippen LogP) is 1.75. The van der Waals surface area contributed by atoms with Crippen LogP contribution in [0.4, 0.5) is 0 Å². The Bertz CT molecular complexity index is 536. The maximum Gasteiger partial charge on any atom is 0.193 e. The van der Waals surface area contributed by atoms with Gasteiger partial charge in [0.2, 0.25) is 0 Å². The van der Waals surface area contributed by atoms with Crippen LogP contribution >= 0.6 is 11.8 Å². The van der Waals surface area contributed by atoms with Crippen LogP contribution < -0.4 is 5.32 Å². The molecule has 5 nitrogen and oxygen atoms in total. The van der Waals surface area contributed by atoms with Crippen molar-refractivity contribution in [3.05, 3.63) is 0 Å². The quantitative estimate of drug-likeness (QED) is 0.601. The van der Waals surface area contributed by atoms with Crippen molar-refractivity contribution in [1.82, 2.24) is 10.2 Å².